The molecule has 2 atom stereocenters. The quantitative estimate of drug-likeness (QED) is 0.821. The normalized spacial score (nSPS) is 23.2. The fourth-order valence-electron chi connectivity index (χ4n) is 2.87. The number of rotatable bonds is 6. The zero-order valence-electron chi connectivity index (χ0n) is 13.2. The number of carbonyl (C=O) groups is 1. The lowest BCUT2D eigenvalue weighted by molar-refractivity contribution is -0.0679. The fraction of sp³-hybridized carbons (Fsp3) is 0.688. The number of aryl methyl sites for hydroxylation is 1. The van der Waals surface area contributed by atoms with Crippen molar-refractivity contribution in [2.75, 3.05) is 26.2 Å². The highest BCUT2D eigenvalue weighted by Crippen LogP contribution is 2.17. The van der Waals surface area contributed by atoms with E-state index in [1.807, 2.05) is 11.4 Å². The van der Waals surface area contributed by atoms with Gasteiger partial charge < -0.3 is 10.1 Å². The van der Waals surface area contributed by atoms with Crippen molar-refractivity contribution in [3.05, 3.63) is 21.9 Å². The molecule has 0 spiro atoms. The highest BCUT2D eigenvalue weighted by molar-refractivity contribution is 7.12. The van der Waals surface area contributed by atoms with E-state index in [9.17, 15) is 4.79 Å². The Morgan fingerprint density at radius 2 is 2.14 bits per heavy atom. The molecule has 1 fully saturated rings. The summed E-state index contributed by atoms with van der Waals surface area (Å²) >= 11 is 1.53. The molecule has 1 aromatic heterocycles. The Labute approximate surface area is 131 Å². The molecule has 1 N–H and O–H groups in total. The third-order valence-electron chi connectivity index (χ3n) is 3.77. The molecule has 1 amide bonds. The highest BCUT2D eigenvalue weighted by Gasteiger charge is 2.21. The van der Waals surface area contributed by atoms with Gasteiger partial charge in [-0.05, 0) is 43.7 Å². The van der Waals surface area contributed by atoms with Crippen LogP contribution < -0.4 is 5.32 Å². The number of nitrogens with one attached hydrogen (secondary N) is 1. The number of amides is 1. The standard InChI is InChI=1S/C16H26N2O2S/c1-4-14-6-9-21-15(14)16(19)17-7-5-8-18-10-12(2)20-13(3)11-18/h6,9,12-13H,4-5,7-8,10-11H2,1-3H3,(H,17,19). The monoisotopic (exact) mass is 310 g/mol. The van der Waals surface area contributed by atoms with Gasteiger partial charge in [-0.15, -0.1) is 11.3 Å². The summed E-state index contributed by atoms with van der Waals surface area (Å²) in [6, 6.07) is 2.04. The molecule has 0 aliphatic carbocycles. The first-order valence-electron chi connectivity index (χ1n) is 7.82. The van der Waals surface area contributed by atoms with E-state index in [-0.39, 0.29) is 5.91 Å². The van der Waals surface area contributed by atoms with Gasteiger partial charge >= 0.3 is 0 Å². The Morgan fingerprint density at radius 1 is 1.43 bits per heavy atom. The van der Waals surface area contributed by atoms with E-state index < -0.39 is 0 Å². The van der Waals surface area contributed by atoms with Crippen LogP contribution in [0.4, 0.5) is 0 Å². The Balaban J connectivity index is 1.69. The van der Waals surface area contributed by atoms with E-state index in [1.54, 1.807) is 0 Å². The molecule has 1 aliphatic heterocycles. The molecule has 0 bridgehead atoms. The van der Waals surface area contributed by atoms with E-state index in [2.05, 4.69) is 31.0 Å². The van der Waals surface area contributed by atoms with Crippen LogP contribution in [-0.2, 0) is 11.2 Å². The molecule has 21 heavy (non-hydrogen) atoms. The van der Waals surface area contributed by atoms with Crippen molar-refractivity contribution in [2.24, 2.45) is 0 Å². The van der Waals surface area contributed by atoms with Crippen LogP contribution in [0, 0.1) is 0 Å². The Kier molecular flexibility index (Phi) is 6.21. The summed E-state index contributed by atoms with van der Waals surface area (Å²) in [5.41, 5.74) is 1.15. The fourth-order valence-corrected chi connectivity index (χ4v) is 3.78. The summed E-state index contributed by atoms with van der Waals surface area (Å²) < 4.78 is 5.73. The second-order valence-electron chi connectivity index (χ2n) is 5.75. The van der Waals surface area contributed by atoms with Crippen molar-refractivity contribution < 1.29 is 9.53 Å². The number of thiophene rings is 1. The lowest BCUT2D eigenvalue weighted by atomic mass is 10.2. The predicted octanol–water partition coefficient (Wildman–Crippen LogP) is 2.54. The van der Waals surface area contributed by atoms with E-state index in [4.69, 9.17) is 4.74 Å². The van der Waals surface area contributed by atoms with Crippen LogP contribution in [0.2, 0.25) is 0 Å². The third-order valence-corrected chi connectivity index (χ3v) is 4.72. The summed E-state index contributed by atoms with van der Waals surface area (Å²) in [4.78, 5) is 15.4. The molecule has 0 aromatic carbocycles. The van der Waals surface area contributed by atoms with Gasteiger partial charge in [0.25, 0.3) is 5.91 Å². The Bertz CT molecular complexity index is 451. The topological polar surface area (TPSA) is 41.6 Å². The van der Waals surface area contributed by atoms with Crippen LogP contribution in [0.25, 0.3) is 0 Å². The molecule has 1 aliphatic rings. The van der Waals surface area contributed by atoms with Crippen LogP contribution in [-0.4, -0.2) is 49.2 Å². The van der Waals surface area contributed by atoms with Crippen LogP contribution >= 0.6 is 11.3 Å². The Hall–Kier alpha value is -0.910. The highest BCUT2D eigenvalue weighted by atomic mass is 32.1. The summed E-state index contributed by atoms with van der Waals surface area (Å²) in [5, 5.41) is 5.03. The molecule has 0 saturated carbocycles. The van der Waals surface area contributed by atoms with Crippen molar-refractivity contribution in [3.8, 4) is 0 Å². The Morgan fingerprint density at radius 3 is 2.81 bits per heavy atom. The van der Waals surface area contributed by atoms with E-state index >= 15 is 0 Å². The zero-order valence-corrected chi connectivity index (χ0v) is 14.0. The molecule has 1 saturated heterocycles. The molecule has 2 rings (SSSR count). The molecule has 2 unspecified atom stereocenters. The van der Waals surface area contributed by atoms with Crippen molar-refractivity contribution in [3.63, 3.8) is 0 Å². The number of nitrogens with zero attached hydrogens (tertiary/aromatic N) is 1. The summed E-state index contributed by atoms with van der Waals surface area (Å²) in [6.07, 6.45) is 2.51. The van der Waals surface area contributed by atoms with Gasteiger partial charge in [-0.3, -0.25) is 9.69 Å². The maximum absolute atomic E-state index is 12.1. The molecule has 1 aromatic rings. The van der Waals surface area contributed by atoms with Crippen LogP contribution in [0.3, 0.4) is 0 Å². The van der Waals surface area contributed by atoms with Gasteiger partial charge in [0.15, 0.2) is 0 Å². The van der Waals surface area contributed by atoms with Gasteiger partial charge in [0.2, 0.25) is 0 Å². The second-order valence-corrected chi connectivity index (χ2v) is 6.67. The minimum absolute atomic E-state index is 0.0746. The third kappa shape index (κ3) is 4.80. The number of morpholine rings is 1. The van der Waals surface area contributed by atoms with Crippen LogP contribution in [0.1, 0.15) is 42.4 Å². The predicted molar refractivity (Wildman–Crippen MR) is 87.1 cm³/mol. The number of hydrogen-bond acceptors (Lipinski definition) is 4. The molecule has 0 radical (unpaired) electrons. The SMILES string of the molecule is CCc1ccsc1C(=O)NCCCN1CC(C)OC(C)C1. The van der Waals surface area contributed by atoms with Crippen LogP contribution in [0.5, 0.6) is 0 Å². The van der Waals surface area contributed by atoms with Gasteiger partial charge in [-0.2, -0.15) is 0 Å². The molecule has 5 heteroatoms. The van der Waals surface area contributed by atoms with E-state index in [1.165, 1.54) is 11.3 Å². The van der Waals surface area contributed by atoms with E-state index in [0.29, 0.717) is 12.2 Å². The van der Waals surface area contributed by atoms with Crippen molar-refractivity contribution in [1.29, 1.82) is 0 Å². The van der Waals surface area contributed by atoms with Gasteiger partial charge in [0.1, 0.15) is 0 Å². The molecule has 118 valence electrons. The second kappa shape index (κ2) is 7.92. The molecular formula is C16H26N2O2S. The number of hydrogen-bond donors (Lipinski definition) is 1. The first-order valence-corrected chi connectivity index (χ1v) is 8.70. The van der Waals surface area contributed by atoms with Gasteiger partial charge in [0, 0.05) is 26.2 Å². The lowest BCUT2D eigenvalue weighted by Crippen LogP contribution is -2.46. The largest absolute Gasteiger partial charge is 0.373 e. The molecular weight excluding hydrogens is 284 g/mol. The van der Waals surface area contributed by atoms with Gasteiger partial charge in [0.05, 0.1) is 17.1 Å². The van der Waals surface area contributed by atoms with Crippen molar-refractivity contribution in [1.82, 2.24) is 10.2 Å². The van der Waals surface area contributed by atoms with Crippen molar-refractivity contribution in [2.45, 2.75) is 45.8 Å². The van der Waals surface area contributed by atoms with Gasteiger partial charge in [-0.1, -0.05) is 6.92 Å². The lowest BCUT2D eigenvalue weighted by Gasteiger charge is -2.35. The minimum atomic E-state index is 0.0746. The molecule has 2 heterocycles. The first kappa shape index (κ1) is 16.5. The maximum Gasteiger partial charge on any atom is 0.261 e. The first-order chi connectivity index (χ1) is 10.1. The van der Waals surface area contributed by atoms with E-state index in [0.717, 1.165) is 49.5 Å². The minimum Gasteiger partial charge on any atom is -0.373 e. The summed E-state index contributed by atoms with van der Waals surface area (Å²) in [6.45, 7) is 10.1. The average molecular weight is 310 g/mol. The summed E-state index contributed by atoms with van der Waals surface area (Å²) in [5.74, 6) is 0.0746. The molecule has 4 nitrogen and oxygen atoms in total. The van der Waals surface area contributed by atoms with Crippen LogP contribution in [0.15, 0.2) is 11.4 Å². The van der Waals surface area contributed by atoms with Gasteiger partial charge in [-0.25, -0.2) is 0 Å². The maximum atomic E-state index is 12.1. The average Bonchev–Trinajstić information content (AvgIpc) is 2.90. The smallest absolute Gasteiger partial charge is 0.261 e. The number of ether oxygens (including phenoxy) is 1. The summed E-state index contributed by atoms with van der Waals surface area (Å²) in [7, 11) is 0. The zero-order chi connectivity index (χ0) is 15.2. The van der Waals surface area contributed by atoms with Crippen molar-refractivity contribution >= 4 is 17.2 Å². The number of carbonyl (C=O) groups excluding carboxylic acids is 1.